The van der Waals surface area contributed by atoms with Gasteiger partial charge in [0.25, 0.3) is 0 Å². The number of nitrogens with one attached hydrogen (secondary N) is 2. The van der Waals surface area contributed by atoms with Crippen molar-refractivity contribution in [2.45, 2.75) is 18.9 Å². The van der Waals surface area contributed by atoms with E-state index in [-0.39, 0.29) is 11.8 Å². The van der Waals surface area contributed by atoms with Gasteiger partial charge in [0.15, 0.2) is 0 Å². The zero-order chi connectivity index (χ0) is 20.8. The number of H-pyrrole nitrogens is 1. The summed E-state index contributed by atoms with van der Waals surface area (Å²) in [6.45, 7) is 1.88. The minimum atomic E-state index is -0.697. The lowest BCUT2D eigenvalue weighted by atomic mass is 10.1. The Bertz CT molecular complexity index is 876. The highest BCUT2D eigenvalue weighted by Gasteiger charge is 2.29. The van der Waals surface area contributed by atoms with E-state index in [4.69, 9.17) is 5.73 Å². The molecular weight excluding hydrogens is 390 g/mol. The third-order valence-corrected chi connectivity index (χ3v) is 5.83. The summed E-state index contributed by atoms with van der Waals surface area (Å²) in [5.41, 5.74) is 7.21. The molecule has 1 fully saturated rings. The zero-order valence-electron chi connectivity index (χ0n) is 16.5. The zero-order valence-corrected chi connectivity index (χ0v) is 17.3. The highest BCUT2D eigenvalue weighted by Crippen LogP contribution is 2.19. The second kappa shape index (κ2) is 9.69. The number of thioether (sulfide) groups is 1. The Kier molecular flexibility index (Phi) is 7.03. The number of hydrogen-bond acceptors (Lipinski definition) is 4. The second-order valence-corrected chi connectivity index (χ2v) is 8.07. The fourth-order valence-corrected chi connectivity index (χ4v) is 4.09. The van der Waals surface area contributed by atoms with Gasteiger partial charge in [0.1, 0.15) is 6.04 Å². The molecule has 1 aliphatic rings. The van der Waals surface area contributed by atoms with Crippen LogP contribution in [0.3, 0.4) is 0 Å². The molecule has 29 heavy (non-hydrogen) atoms. The van der Waals surface area contributed by atoms with Gasteiger partial charge in [-0.3, -0.25) is 9.59 Å². The Morgan fingerprint density at radius 2 is 1.86 bits per heavy atom. The van der Waals surface area contributed by atoms with E-state index in [1.165, 1.54) is 0 Å². The first-order valence-corrected chi connectivity index (χ1v) is 11.1. The molecule has 1 aromatic heterocycles. The van der Waals surface area contributed by atoms with Gasteiger partial charge in [-0.25, -0.2) is 4.79 Å². The van der Waals surface area contributed by atoms with Crippen molar-refractivity contribution in [2.24, 2.45) is 5.73 Å². The molecular formula is C20H27N5O3S. The van der Waals surface area contributed by atoms with E-state index in [0.29, 0.717) is 39.0 Å². The first-order chi connectivity index (χ1) is 14.0. The van der Waals surface area contributed by atoms with Crippen LogP contribution in [0.4, 0.5) is 4.79 Å². The SMILES string of the molecule is CSCCC(NC(N)=O)C(=O)N1CCN(C(=O)Cc2c[nH]c3ccccc23)CC1. The maximum Gasteiger partial charge on any atom is 0.312 e. The Morgan fingerprint density at radius 1 is 1.17 bits per heavy atom. The molecule has 1 atom stereocenters. The molecule has 0 spiro atoms. The van der Waals surface area contributed by atoms with Crippen LogP contribution in [0, 0.1) is 0 Å². The first-order valence-electron chi connectivity index (χ1n) is 9.66. The van der Waals surface area contributed by atoms with Crippen molar-refractivity contribution < 1.29 is 14.4 Å². The molecule has 2 heterocycles. The van der Waals surface area contributed by atoms with E-state index < -0.39 is 12.1 Å². The molecule has 4 amide bonds. The highest BCUT2D eigenvalue weighted by atomic mass is 32.2. The summed E-state index contributed by atoms with van der Waals surface area (Å²) in [6, 6.07) is 6.60. The molecule has 8 nitrogen and oxygen atoms in total. The van der Waals surface area contributed by atoms with E-state index in [0.717, 1.165) is 22.2 Å². The Labute approximate surface area is 174 Å². The van der Waals surface area contributed by atoms with Gasteiger partial charge in [0.2, 0.25) is 11.8 Å². The lowest BCUT2D eigenvalue weighted by Gasteiger charge is -2.36. The summed E-state index contributed by atoms with van der Waals surface area (Å²) in [5, 5.41) is 3.60. The minimum Gasteiger partial charge on any atom is -0.361 e. The molecule has 0 radical (unpaired) electrons. The van der Waals surface area contributed by atoms with Crippen molar-refractivity contribution >= 4 is 40.5 Å². The Balaban J connectivity index is 1.55. The fraction of sp³-hybridized carbons (Fsp3) is 0.450. The number of para-hydroxylation sites is 1. The molecule has 4 N–H and O–H groups in total. The standard InChI is InChI=1S/C20H27N5O3S/c1-29-11-6-17(23-20(21)28)19(27)25-9-7-24(8-10-25)18(26)12-14-13-22-16-5-3-2-4-15(14)16/h2-5,13,17,22H,6-12H2,1H3,(H3,21,23,28). The van der Waals surface area contributed by atoms with E-state index in [9.17, 15) is 14.4 Å². The van der Waals surface area contributed by atoms with Crippen LogP contribution >= 0.6 is 11.8 Å². The summed E-state index contributed by atoms with van der Waals surface area (Å²) in [6.07, 6.45) is 4.69. The van der Waals surface area contributed by atoms with Gasteiger partial charge < -0.3 is 25.8 Å². The van der Waals surface area contributed by atoms with Crippen LogP contribution in [0.2, 0.25) is 0 Å². The number of amides is 4. The molecule has 1 unspecified atom stereocenters. The van der Waals surface area contributed by atoms with Crippen LogP contribution in [0.15, 0.2) is 30.5 Å². The van der Waals surface area contributed by atoms with Crippen molar-refractivity contribution in [3.63, 3.8) is 0 Å². The summed E-state index contributed by atoms with van der Waals surface area (Å²) >= 11 is 1.61. The average Bonchev–Trinajstić information content (AvgIpc) is 3.13. The molecule has 0 saturated carbocycles. The van der Waals surface area contributed by atoms with Crippen molar-refractivity contribution in [3.8, 4) is 0 Å². The predicted molar refractivity (Wildman–Crippen MR) is 115 cm³/mol. The molecule has 1 saturated heterocycles. The number of benzene rings is 1. The van der Waals surface area contributed by atoms with Gasteiger partial charge in [0, 0.05) is 43.3 Å². The van der Waals surface area contributed by atoms with Crippen LogP contribution in [-0.4, -0.2) is 76.9 Å². The van der Waals surface area contributed by atoms with Crippen LogP contribution in [0.1, 0.15) is 12.0 Å². The molecule has 1 aromatic carbocycles. The molecule has 3 rings (SSSR count). The molecule has 1 aliphatic heterocycles. The number of carbonyl (C=O) groups excluding carboxylic acids is 3. The van der Waals surface area contributed by atoms with Crippen LogP contribution < -0.4 is 11.1 Å². The van der Waals surface area contributed by atoms with E-state index in [2.05, 4.69) is 10.3 Å². The largest absolute Gasteiger partial charge is 0.361 e. The van der Waals surface area contributed by atoms with E-state index in [1.54, 1.807) is 21.6 Å². The number of rotatable bonds is 7. The van der Waals surface area contributed by atoms with Crippen LogP contribution in [0.5, 0.6) is 0 Å². The third kappa shape index (κ3) is 5.23. The summed E-state index contributed by atoms with van der Waals surface area (Å²) < 4.78 is 0. The summed E-state index contributed by atoms with van der Waals surface area (Å²) in [4.78, 5) is 43.4. The van der Waals surface area contributed by atoms with Crippen LogP contribution in [-0.2, 0) is 16.0 Å². The quantitative estimate of drug-likeness (QED) is 0.628. The highest BCUT2D eigenvalue weighted by molar-refractivity contribution is 7.98. The van der Waals surface area contributed by atoms with Crippen LogP contribution in [0.25, 0.3) is 10.9 Å². The van der Waals surface area contributed by atoms with Crippen molar-refractivity contribution in [1.82, 2.24) is 20.1 Å². The van der Waals surface area contributed by atoms with E-state index in [1.807, 2.05) is 36.7 Å². The summed E-state index contributed by atoms with van der Waals surface area (Å²) in [5.74, 6) is 0.664. The normalized spacial score (nSPS) is 15.3. The molecule has 0 aliphatic carbocycles. The van der Waals surface area contributed by atoms with Crippen molar-refractivity contribution in [2.75, 3.05) is 38.2 Å². The third-order valence-electron chi connectivity index (χ3n) is 5.19. The fourth-order valence-electron chi connectivity index (χ4n) is 3.61. The predicted octanol–water partition coefficient (Wildman–Crippen LogP) is 1.17. The molecule has 9 heteroatoms. The summed E-state index contributed by atoms with van der Waals surface area (Å²) in [7, 11) is 0. The number of aromatic amines is 1. The first kappa shape index (κ1) is 21.0. The lowest BCUT2D eigenvalue weighted by molar-refractivity contribution is -0.140. The number of carbonyl (C=O) groups is 3. The Hall–Kier alpha value is -2.68. The maximum absolute atomic E-state index is 12.8. The lowest BCUT2D eigenvalue weighted by Crippen LogP contribution is -2.56. The van der Waals surface area contributed by atoms with Crippen molar-refractivity contribution in [1.29, 1.82) is 0 Å². The number of nitrogens with zero attached hydrogens (tertiary/aromatic N) is 2. The Morgan fingerprint density at radius 3 is 2.55 bits per heavy atom. The number of urea groups is 1. The number of primary amides is 1. The molecule has 156 valence electrons. The number of fused-ring (bicyclic) bond motifs is 1. The number of nitrogens with two attached hydrogens (primary N) is 1. The van der Waals surface area contributed by atoms with Gasteiger partial charge in [0.05, 0.1) is 6.42 Å². The van der Waals surface area contributed by atoms with Gasteiger partial charge in [-0.1, -0.05) is 18.2 Å². The van der Waals surface area contributed by atoms with Gasteiger partial charge in [-0.05, 0) is 30.1 Å². The number of hydrogen-bond donors (Lipinski definition) is 3. The molecule has 0 bridgehead atoms. The average molecular weight is 418 g/mol. The topological polar surface area (TPSA) is 112 Å². The maximum atomic E-state index is 12.8. The molecule has 2 aromatic rings. The van der Waals surface area contributed by atoms with Crippen molar-refractivity contribution in [3.05, 3.63) is 36.0 Å². The van der Waals surface area contributed by atoms with Gasteiger partial charge in [-0.2, -0.15) is 11.8 Å². The monoisotopic (exact) mass is 417 g/mol. The van der Waals surface area contributed by atoms with E-state index >= 15 is 0 Å². The van der Waals surface area contributed by atoms with Gasteiger partial charge in [-0.15, -0.1) is 0 Å². The number of piperazine rings is 1. The minimum absolute atomic E-state index is 0.0519. The number of aromatic nitrogens is 1. The smallest absolute Gasteiger partial charge is 0.312 e. The second-order valence-electron chi connectivity index (χ2n) is 7.08. The van der Waals surface area contributed by atoms with Gasteiger partial charge >= 0.3 is 6.03 Å².